The van der Waals surface area contributed by atoms with Gasteiger partial charge in [0.2, 0.25) is 5.91 Å². The molecule has 3 N–H and O–H groups in total. The lowest BCUT2D eigenvalue weighted by Gasteiger charge is -2.23. The summed E-state index contributed by atoms with van der Waals surface area (Å²) in [6, 6.07) is -1.47. The van der Waals surface area contributed by atoms with Gasteiger partial charge in [-0.2, -0.15) is 0 Å². The van der Waals surface area contributed by atoms with Crippen LogP contribution in [0, 0.1) is 0 Å². The first-order chi connectivity index (χ1) is 8.42. The Morgan fingerprint density at radius 3 is 2.28 bits per heavy atom. The molecule has 0 saturated heterocycles. The molecule has 18 heavy (non-hydrogen) atoms. The second kappa shape index (κ2) is 8.29. The zero-order chi connectivity index (χ0) is 14.1. The van der Waals surface area contributed by atoms with Crippen LogP contribution >= 0.6 is 0 Å². The lowest BCUT2D eigenvalue weighted by Crippen LogP contribution is -2.49. The molecule has 3 amide bonds. The van der Waals surface area contributed by atoms with Crippen molar-refractivity contribution in [2.45, 2.75) is 26.8 Å². The van der Waals surface area contributed by atoms with Crippen LogP contribution in [0.2, 0.25) is 0 Å². The number of hydrogen-bond acceptors (Lipinski definition) is 4. The van der Waals surface area contributed by atoms with E-state index in [2.05, 4.69) is 10.2 Å². The number of carboxylic acids is 1. The summed E-state index contributed by atoms with van der Waals surface area (Å²) in [7, 11) is 0. The van der Waals surface area contributed by atoms with Gasteiger partial charge in [-0.25, -0.2) is 15.1 Å². The molecule has 0 aliphatic carbocycles. The number of nitrogens with one attached hydrogen (secondary N) is 2. The highest BCUT2D eigenvalue weighted by Crippen LogP contribution is 1.94. The zero-order valence-electron chi connectivity index (χ0n) is 10.7. The highest BCUT2D eigenvalue weighted by atomic mass is 16.7. The number of carboxylic acid groups (broad SMARTS) is 1. The van der Waals surface area contributed by atoms with E-state index < -0.39 is 24.6 Å². The molecule has 0 aliphatic rings. The molecule has 1 atom stereocenters. The first-order valence-electron chi connectivity index (χ1n) is 5.61. The van der Waals surface area contributed by atoms with E-state index in [-0.39, 0.29) is 5.91 Å². The van der Waals surface area contributed by atoms with E-state index in [4.69, 9.17) is 5.11 Å². The second-order valence-corrected chi connectivity index (χ2v) is 3.49. The van der Waals surface area contributed by atoms with E-state index >= 15 is 0 Å². The zero-order valence-corrected chi connectivity index (χ0v) is 10.7. The molecule has 8 nitrogen and oxygen atoms in total. The third kappa shape index (κ3) is 6.04. The highest BCUT2D eigenvalue weighted by molar-refractivity contribution is 5.86. The van der Waals surface area contributed by atoms with Crippen LogP contribution in [0.4, 0.5) is 4.79 Å². The number of carbonyl (C=O) groups is 3. The molecule has 0 radical (unpaired) electrons. The third-order valence-corrected chi connectivity index (χ3v) is 2.15. The lowest BCUT2D eigenvalue weighted by atomic mass is 10.3. The monoisotopic (exact) mass is 261 g/mol. The Morgan fingerprint density at radius 2 is 1.83 bits per heavy atom. The number of amides is 3. The number of likely N-dealkylation sites (N-methyl/N-ethyl adjacent to an activating group) is 1. The maximum absolute atomic E-state index is 11.8. The summed E-state index contributed by atoms with van der Waals surface area (Å²) in [4.78, 5) is 39.1. The summed E-state index contributed by atoms with van der Waals surface area (Å²) in [5.74, 6) is -1.42. The highest BCUT2D eigenvalue weighted by Gasteiger charge is 2.19. The predicted molar refractivity (Wildman–Crippen MR) is 62.6 cm³/mol. The second-order valence-electron chi connectivity index (χ2n) is 3.49. The van der Waals surface area contributed by atoms with Gasteiger partial charge in [0, 0.05) is 13.1 Å². The van der Waals surface area contributed by atoms with Gasteiger partial charge in [0.1, 0.15) is 6.04 Å². The number of hydroxylamine groups is 1. The summed E-state index contributed by atoms with van der Waals surface area (Å²) in [5, 5.41) is 10.6. The van der Waals surface area contributed by atoms with Crippen molar-refractivity contribution in [2.75, 3.05) is 19.7 Å². The van der Waals surface area contributed by atoms with Gasteiger partial charge in [0.25, 0.3) is 0 Å². The van der Waals surface area contributed by atoms with E-state index in [9.17, 15) is 14.4 Å². The van der Waals surface area contributed by atoms with Crippen molar-refractivity contribution in [3.05, 3.63) is 0 Å². The van der Waals surface area contributed by atoms with Crippen LogP contribution in [0.25, 0.3) is 0 Å². The minimum Gasteiger partial charge on any atom is -0.479 e. The van der Waals surface area contributed by atoms with Crippen LogP contribution in [0.1, 0.15) is 20.8 Å². The molecule has 0 aromatic heterocycles. The molecule has 0 aromatic carbocycles. The summed E-state index contributed by atoms with van der Waals surface area (Å²) in [6.45, 7) is 5.68. The fourth-order valence-electron chi connectivity index (χ4n) is 1.26. The molecular formula is C10H19N3O5. The Kier molecular flexibility index (Phi) is 7.45. The molecular weight excluding hydrogens is 242 g/mol. The number of urea groups is 1. The Labute approximate surface area is 105 Å². The quantitative estimate of drug-likeness (QED) is 0.538. The molecule has 0 fully saturated rings. The molecule has 0 heterocycles. The van der Waals surface area contributed by atoms with Crippen LogP contribution in [-0.2, 0) is 14.4 Å². The topological polar surface area (TPSA) is 108 Å². The minimum atomic E-state index is -1.21. The van der Waals surface area contributed by atoms with E-state index in [0.717, 1.165) is 0 Å². The summed E-state index contributed by atoms with van der Waals surface area (Å²) >= 11 is 0. The SMILES string of the molecule is CCN(CC)C(=O)C(C)NC(=O)NOCC(=O)O. The van der Waals surface area contributed by atoms with Gasteiger partial charge in [0.15, 0.2) is 6.61 Å². The molecule has 1 unspecified atom stereocenters. The fourth-order valence-corrected chi connectivity index (χ4v) is 1.26. The normalized spacial score (nSPS) is 11.5. The van der Waals surface area contributed by atoms with Crippen molar-refractivity contribution in [1.29, 1.82) is 0 Å². The van der Waals surface area contributed by atoms with Gasteiger partial charge in [-0.05, 0) is 20.8 Å². The van der Waals surface area contributed by atoms with Gasteiger partial charge < -0.3 is 15.3 Å². The van der Waals surface area contributed by atoms with Crippen LogP contribution in [0.5, 0.6) is 0 Å². The van der Waals surface area contributed by atoms with Gasteiger partial charge in [-0.1, -0.05) is 0 Å². The molecule has 0 rings (SSSR count). The molecule has 0 saturated carbocycles. The van der Waals surface area contributed by atoms with E-state index in [0.29, 0.717) is 13.1 Å². The molecule has 0 aromatic rings. The van der Waals surface area contributed by atoms with Crippen molar-refractivity contribution < 1.29 is 24.3 Å². The third-order valence-electron chi connectivity index (χ3n) is 2.15. The average Bonchev–Trinajstić information content (AvgIpc) is 2.29. The van der Waals surface area contributed by atoms with Crippen molar-refractivity contribution in [1.82, 2.24) is 15.7 Å². The van der Waals surface area contributed by atoms with Crippen molar-refractivity contribution in [2.24, 2.45) is 0 Å². The van der Waals surface area contributed by atoms with E-state index in [1.54, 1.807) is 4.90 Å². The first-order valence-corrected chi connectivity index (χ1v) is 5.61. The van der Waals surface area contributed by atoms with Gasteiger partial charge in [-0.3, -0.25) is 9.63 Å². The maximum Gasteiger partial charge on any atom is 0.339 e. The Hall–Kier alpha value is -1.83. The van der Waals surface area contributed by atoms with Gasteiger partial charge in [-0.15, -0.1) is 0 Å². The summed E-state index contributed by atoms with van der Waals surface area (Å²) in [6.07, 6.45) is 0. The van der Waals surface area contributed by atoms with Gasteiger partial charge in [0.05, 0.1) is 0 Å². The van der Waals surface area contributed by atoms with Crippen LogP contribution in [0.15, 0.2) is 0 Å². The van der Waals surface area contributed by atoms with Crippen molar-refractivity contribution in [3.63, 3.8) is 0 Å². The Morgan fingerprint density at radius 1 is 1.28 bits per heavy atom. The van der Waals surface area contributed by atoms with Crippen LogP contribution < -0.4 is 10.8 Å². The predicted octanol–water partition coefficient (Wildman–Crippen LogP) is -0.441. The smallest absolute Gasteiger partial charge is 0.339 e. The molecule has 0 spiro atoms. The van der Waals surface area contributed by atoms with Crippen LogP contribution in [0.3, 0.4) is 0 Å². The number of rotatable bonds is 7. The standard InChI is InChI=1S/C10H19N3O5/c1-4-13(5-2)9(16)7(3)11-10(17)12-18-6-8(14)15/h7H,4-6H2,1-3H3,(H,14,15)(H2,11,12,17). The first kappa shape index (κ1) is 16.2. The number of aliphatic carboxylic acids is 1. The fraction of sp³-hybridized carbons (Fsp3) is 0.700. The Bertz CT molecular complexity index is 304. The maximum atomic E-state index is 11.8. The van der Waals surface area contributed by atoms with E-state index in [1.807, 2.05) is 19.3 Å². The largest absolute Gasteiger partial charge is 0.479 e. The van der Waals surface area contributed by atoms with Crippen molar-refractivity contribution >= 4 is 17.9 Å². The average molecular weight is 261 g/mol. The molecule has 0 aliphatic heterocycles. The number of nitrogens with zero attached hydrogens (tertiary/aromatic N) is 1. The van der Waals surface area contributed by atoms with Crippen molar-refractivity contribution in [3.8, 4) is 0 Å². The summed E-state index contributed by atoms with van der Waals surface area (Å²) < 4.78 is 0. The molecule has 0 bridgehead atoms. The number of hydrogen-bond donors (Lipinski definition) is 3. The van der Waals surface area contributed by atoms with E-state index in [1.165, 1.54) is 6.92 Å². The Balaban J connectivity index is 4.06. The van der Waals surface area contributed by atoms with Crippen LogP contribution in [-0.4, -0.2) is 53.7 Å². The summed E-state index contributed by atoms with van der Waals surface area (Å²) in [5.41, 5.74) is 1.87. The molecule has 8 heteroatoms. The lowest BCUT2D eigenvalue weighted by molar-refractivity contribution is -0.144. The number of carbonyl (C=O) groups excluding carboxylic acids is 2. The molecule has 104 valence electrons. The minimum absolute atomic E-state index is 0.214. The van der Waals surface area contributed by atoms with Gasteiger partial charge >= 0.3 is 12.0 Å².